The fourth-order valence-electron chi connectivity index (χ4n) is 2.93. The third-order valence-electron chi connectivity index (χ3n) is 4.26. The van der Waals surface area contributed by atoms with E-state index in [9.17, 15) is 14.4 Å². The van der Waals surface area contributed by atoms with Crippen molar-refractivity contribution in [2.75, 3.05) is 13.2 Å². The minimum atomic E-state index is -0.737. The van der Waals surface area contributed by atoms with Crippen molar-refractivity contribution in [3.63, 3.8) is 0 Å². The van der Waals surface area contributed by atoms with Crippen LogP contribution in [0.1, 0.15) is 46.5 Å². The summed E-state index contributed by atoms with van der Waals surface area (Å²) in [4.78, 5) is 36.1. The van der Waals surface area contributed by atoms with E-state index in [4.69, 9.17) is 9.94 Å². The van der Waals surface area contributed by atoms with Gasteiger partial charge in [0.1, 0.15) is 6.04 Å². The monoisotopic (exact) mass is 369 g/mol. The zero-order valence-corrected chi connectivity index (χ0v) is 15.8. The van der Waals surface area contributed by atoms with E-state index >= 15 is 0 Å². The Hall–Kier alpha value is -1.93. The van der Waals surface area contributed by atoms with Crippen molar-refractivity contribution < 1.29 is 24.3 Å². The molecular formula is C18H31N3O5. The Morgan fingerprint density at radius 1 is 1.19 bits per heavy atom. The Bertz CT molecular complexity index is 507. The molecule has 26 heavy (non-hydrogen) atoms. The van der Waals surface area contributed by atoms with Crippen molar-refractivity contribution in [2.24, 2.45) is 11.8 Å². The van der Waals surface area contributed by atoms with E-state index in [-0.39, 0.29) is 36.3 Å². The maximum absolute atomic E-state index is 12.7. The lowest BCUT2D eigenvalue weighted by atomic mass is 9.84. The first-order chi connectivity index (χ1) is 12.4. The van der Waals surface area contributed by atoms with Gasteiger partial charge in [-0.05, 0) is 25.7 Å². The summed E-state index contributed by atoms with van der Waals surface area (Å²) in [5.74, 6) is -1.33. The Labute approximate surface area is 154 Å². The lowest BCUT2D eigenvalue weighted by Crippen LogP contribution is -2.52. The van der Waals surface area contributed by atoms with E-state index in [1.54, 1.807) is 13.0 Å². The summed E-state index contributed by atoms with van der Waals surface area (Å²) < 4.78 is 5.13. The van der Waals surface area contributed by atoms with E-state index < -0.39 is 11.9 Å². The molecule has 0 aromatic rings. The second kappa shape index (κ2) is 11.6. The largest absolute Gasteiger partial charge is 0.466 e. The van der Waals surface area contributed by atoms with Gasteiger partial charge in [-0.3, -0.25) is 24.9 Å². The summed E-state index contributed by atoms with van der Waals surface area (Å²) in [6.07, 6.45) is 6.82. The molecule has 2 amide bonds. The van der Waals surface area contributed by atoms with Gasteiger partial charge in [-0.1, -0.05) is 38.8 Å². The van der Waals surface area contributed by atoms with Gasteiger partial charge >= 0.3 is 5.97 Å². The molecule has 0 saturated heterocycles. The van der Waals surface area contributed by atoms with Gasteiger partial charge < -0.3 is 10.1 Å². The number of hydrogen-bond acceptors (Lipinski definition) is 6. The lowest BCUT2D eigenvalue weighted by Gasteiger charge is -2.31. The van der Waals surface area contributed by atoms with Crippen molar-refractivity contribution in [2.45, 2.75) is 58.5 Å². The van der Waals surface area contributed by atoms with E-state index in [1.807, 2.05) is 19.9 Å². The summed E-state index contributed by atoms with van der Waals surface area (Å²) in [6.45, 7) is 5.82. The van der Waals surface area contributed by atoms with Crippen LogP contribution in [0.5, 0.6) is 0 Å². The molecule has 3 atom stereocenters. The van der Waals surface area contributed by atoms with Gasteiger partial charge in [0, 0.05) is 6.04 Å². The molecule has 1 aliphatic rings. The van der Waals surface area contributed by atoms with E-state index in [0.29, 0.717) is 19.4 Å². The molecule has 3 unspecified atom stereocenters. The maximum atomic E-state index is 12.7. The first-order valence-corrected chi connectivity index (χ1v) is 9.20. The molecule has 1 fully saturated rings. The van der Waals surface area contributed by atoms with Gasteiger partial charge in [0.25, 0.3) is 5.91 Å². The number of rotatable bonds is 9. The smallest absolute Gasteiger partial charge is 0.311 e. The molecule has 1 aliphatic carbocycles. The van der Waals surface area contributed by atoms with Crippen LogP contribution >= 0.6 is 0 Å². The molecule has 0 spiro atoms. The van der Waals surface area contributed by atoms with Crippen molar-refractivity contribution in [1.29, 1.82) is 0 Å². The topological polar surface area (TPSA) is 117 Å². The molecule has 0 aliphatic heterocycles. The van der Waals surface area contributed by atoms with Crippen molar-refractivity contribution >= 4 is 17.8 Å². The number of hydroxylamine groups is 1. The van der Waals surface area contributed by atoms with Gasteiger partial charge in [0.2, 0.25) is 5.91 Å². The lowest BCUT2D eigenvalue weighted by molar-refractivity contribution is -0.150. The molecule has 0 aromatic carbocycles. The normalized spacial score (nSPS) is 21.4. The molecule has 0 radical (unpaired) electrons. The molecule has 0 aromatic heterocycles. The second-order valence-electron chi connectivity index (χ2n) is 6.78. The van der Waals surface area contributed by atoms with E-state index in [2.05, 4.69) is 10.6 Å². The summed E-state index contributed by atoms with van der Waals surface area (Å²) in [5, 5.41) is 14.3. The number of carbonyl (C=O) groups is 3. The predicted octanol–water partition coefficient (Wildman–Crippen LogP) is 0.900. The quantitative estimate of drug-likeness (QED) is 0.208. The molecule has 4 N–H and O–H groups in total. The standard InChI is InChI=1S/C18H31N3O5/c1-4-26-18(24)13-7-5-6-8-14(13)20-17(23)15(10-9-12(2)3)19-11-16(22)21-25/h9-10,12-15,19,25H,4-8,11H2,1-3H3,(H,20,23)(H,21,22)/b10-9+. The Morgan fingerprint density at radius 3 is 2.50 bits per heavy atom. The summed E-state index contributed by atoms with van der Waals surface area (Å²) in [6, 6.07) is -1.02. The van der Waals surface area contributed by atoms with Crippen molar-refractivity contribution in [3.05, 3.63) is 12.2 Å². The molecule has 8 heteroatoms. The van der Waals surface area contributed by atoms with Crippen LogP contribution in [-0.4, -0.2) is 48.2 Å². The van der Waals surface area contributed by atoms with Crippen LogP contribution in [0.25, 0.3) is 0 Å². The van der Waals surface area contributed by atoms with Crippen LogP contribution in [0.2, 0.25) is 0 Å². The van der Waals surface area contributed by atoms with Gasteiger partial charge in [0.15, 0.2) is 0 Å². The number of carbonyl (C=O) groups excluding carboxylic acids is 3. The fraction of sp³-hybridized carbons (Fsp3) is 0.722. The van der Waals surface area contributed by atoms with Crippen LogP contribution in [0, 0.1) is 11.8 Å². The first kappa shape index (κ1) is 22.1. The zero-order valence-electron chi connectivity index (χ0n) is 15.8. The zero-order chi connectivity index (χ0) is 19.5. The Balaban J connectivity index is 2.77. The van der Waals surface area contributed by atoms with Gasteiger partial charge in [-0.2, -0.15) is 0 Å². The molecular weight excluding hydrogens is 338 g/mol. The first-order valence-electron chi connectivity index (χ1n) is 9.20. The highest BCUT2D eigenvalue weighted by Gasteiger charge is 2.34. The van der Waals surface area contributed by atoms with E-state index in [1.165, 1.54) is 5.48 Å². The van der Waals surface area contributed by atoms with Crippen LogP contribution in [0.15, 0.2) is 12.2 Å². The van der Waals surface area contributed by atoms with Crippen LogP contribution in [0.4, 0.5) is 0 Å². The molecule has 0 bridgehead atoms. The van der Waals surface area contributed by atoms with Gasteiger partial charge in [-0.15, -0.1) is 0 Å². The minimum absolute atomic E-state index is 0.205. The number of esters is 1. The summed E-state index contributed by atoms with van der Waals surface area (Å²) in [5.41, 5.74) is 1.52. The van der Waals surface area contributed by atoms with Gasteiger partial charge in [0.05, 0.1) is 19.1 Å². The summed E-state index contributed by atoms with van der Waals surface area (Å²) in [7, 11) is 0. The number of amides is 2. The molecule has 148 valence electrons. The Morgan fingerprint density at radius 2 is 1.88 bits per heavy atom. The second-order valence-corrected chi connectivity index (χ2v) is 6.78. The summed E-state index contributed by atoms with van der Waals surface area (Å²) >= 11 is 0. The van der Waals surface area contributed by atoms with Crippen LogP contribution in [-0.2, 0) is 19.1 Å². The highest BCUT2D eigenvalue weighted by atomic mass is 16.5. The average Bonchev–Trinajstić information content (AvgIpc) is 2.61. The fourth-order valence-corrected chi connectivity index (χ4v) is 2.93. The third-order valence-corrected chi connectivity index (χ3v) is 4.26. The number of hydrogen-bond donors (Lipinski definition) is 4. The Kier molecular flexibility index (Phi) is 9.90. The number of ether oxygens (including phenoxy) is 1. The molecule has 8 nitrogen and oxygen atoms in total. The molecule has 0 heterocycles. The van der Waals surface area contributed by atoms with Crippen molar-refractivity contribution in [1.82, 2.24) is 16.1 Å². The maximum Gasteiger partial charge on any atom is 0.311 e. The van der Waals surface area contributed by atoms with Crippen LogP contribution < -0.4 is 16.1 Å². The molecule has 1 saturated carbocycles. The minimum Gasteiger partial charge on any atom is -0.466 e. The van der Waals surface area contributed by atoms with Crippen LogP contribution in [0.3, 0.4) is 0 Å². The SMILES string of the molecule is CCOC(=O)C1CCCCC1NC(=O)C(/C=C/C(C)C)NCC(=O)NO. The predicted molar refractivity (Wildman–Crippen MR) is 96.2 cm³/mol. The number of nitrogens with one attached hydrogen (secondary N) is 3. The third kappa shape index (κ3) is 7.53. The van der Waals surface area contributed by atoms with E-state index in [0.717, 1.165) is 12.8 Å². The highest BCUT2D eigenvalue weighted by Crippen LogP contribution is 2.25. The van der Waals surface area contributed by atoms with Gasteiger partial charge in [-0.25, -0.2) is 5.48 Å². The van der Waals surface area contributed by atoms with Crippen molar-refractivity contribution in [3.8, 4) is 0 Å². The number of allylic oxidation sites excluding steroid dienone is 1. The highest BCUT2D eigenvalue weighted by molar-refractivity contribution is 5.86. The molecule has 1 rings (SSSR count). The average molecular weight is 369 g/mol.